The number of hydrogen-bond donors (Lipinski definition) is 1. The van der Waals surface area contributed by atoms with Crippen LogP contribution >= 0.6 is 0 Å². The average molecular weight is 219 g/mol. The van der Waals surface area contributed by atoms with Gasteiger partial charge in [0.1, 0.15) is 5.75 Å². The molecule has 0 aliphatic rings. The van der Waals surface area contributed by atoms with Gasteiger partial charge >= 0.3 is 0 Å². The number of methoxy groups -OCH3 is 1. The van der Waals surface area contributed by atoms with Crippen LogP contribution in [0.3, 0.4) is 0 Å². The predicted octanol–water partition coefficient (Wildman–Crippen LogP) is 1.93. The minimum absolute atomic E-state index is 0.00756. The number of carbonyl (C=O) groups is 1. The number of nitrogens with one attached hydrogen (secondary N) is 1. The lowest BCUT2D eigenvalue weighted by molar-refractivity contribution is -0.120. The summed E-state index contributed by atoms with van der Waals surface area (Å²) in [5.74, 6) is 0.805. The number of amides is 1. The van der Waals surface area contributed by atoms with Crippen molar-refractivity contribution in [2.24, 2.45) is 0 Å². The summed E-state index contributed by atoms with van der Waals surface area (Å²) in [6.45, 7) is 6.14. The third-order valence-electron chi connectivity index (χ3n) is 2.11. The molecule has 0 aliphatic heterocycles. The first-order valence-electron chi connectivity index (χ1n) is 5.16. The lowest BCUT2D eigenvalue weighted by atomic mass is 10.1. The zero-order chi connectivity index (χ0) is 12.0. The summed E-state index contributed by atoms with van der Waals surface area (Å²) >= 11 is 0. The lowest BCUT2D eigenvalue weighted by Crippen LogP contribution is -2.26. The molecule has 0 unspecified atom stereocenters. The molecule has 0 saturated carbocycles. The van der Waals surface area contributed by atoms with E-state index in [1.165, 1.54) is 0 Å². The van der Waals surface area contributed by atoms with Gasteiger partial charge in [-0.25, -0.2) is 0 Å². The fourth-order valence-corrected chi connectivity index (χ4v) is 1.24. The first-order valence-corrected chi connectivity index (χ1v) is 5.16. The Kier molecular flexibility index (Phi) is 4.58. The molecule has 0 saturated heterocycles. The van der Waals surface area contributed by atoms with E-state index in [-0.39, 0.29) is 5.91 Å². The van der Waals surface area contributed by atoms with E-state index < -0.39 is 0 Å². The SMILES string of the molecule is C=C(C)CNC(=O)Cc1ccc(OC)cc1. The standard InChI is InChI=1S/C13H17NO2/c1-10(2)9-14-13(15)8-11-4-6-12(16-3)7-5-11/h4-7H,1,8-9H2,2-3H3,(H,14,15). The highest BCUT2D eigenvalue weighted by Crippen LogP contribution is 2.11. The average Bonchev–Trinajstić information content (AvgIpc) is 2.27. The molecule has 0 aliphatic carbocycles. The summed E-state index contributed by atoms with van der Waals surface area (Å²) < 4.78 is 5.04. The summed E-state index contributed by atoms with van der Waals surface area (Å²) in [6, 6.07) is 7.47. The monoisotopic (exact) mass is 219 g/mol. The minimum atomic E-state index is 0.00756. The molecule has 1 rings (SSSR count). The number of hydrogen-bond acceptors (Lipinski definition) is 2. The van der Waals surface area contributed by atoms with Crippen molar-refractivity contribution in [3.8, 4) is 5.75 Å². The maximum absolute atomic E-state index is 11.5. The van der Waals surface area contributed by atoms with Crippen LogP contribution < -0.4 is 10.1 Å². The predicted molar refractivity (Wildman–Crippen MR) is 64.5 cm³/mol. The molecule has 0 fully saturated rings. The Hall–Kier alpha value is -1.77. The van der Waals surface area contributed by atoms with E-state index in [0.29, 0.717) is 13.0 Å². The number of carbonyl (C=O) groups excluding carboxylic acids is 1. The highest BCUT2D eigenvalue weighted by Gasteiger charge is 2.02. The molecule has 0 atom stereocenters. The highest BCUT2D eigenvalue weighted by molar-refractivity contribution is 5.78. The van der Waals surface area contributed by atoms with E-state index in [9.17, 15) is 4.79 Å². The summed E-state index contributed by atoms with van der Waals surface area (Å²) in [7, 11) is 1.62. The third kappa shape index (κ3) is 4.17. The first kappa shape index (κ1) is 12.3. The molecular weight excluding hydrogens is 202 g/mol. The van der Waals surface area contributed by atoms with Crippen molar-refractivity contribution in [1.29, 1.82) is 0 Å². The lowest BCUT2D eigenvalue weighted by Gasteiger charge is -2.05. The van der Waals surface area contributed by atoms with Gasteiger partial charge in [-0.3, -0.25) is 4.79 Å². The molecule has 3 heteroatoms. The van der Waals surface area contributed by atoms with Crippen molar-refractivity contribution < 1.29 is 9.53 Å². The maximum atomic E-state index is 11.5. The normalized spacial score (nSPS) is 9.62. The molecule has 0 spiro atoms. The first-order chi connectivity index (χ1) is 7.61. The van der Waals surface area contributed by atoms with E-state index >= 15 is 0 Å². The molecule has 0 bridgehead atoms. The Labute approximate surface area is 96.1 Å². The number of benzene rings is 1. The molecule has 0 radical (unpaired) electrons. The highest BCUT2D eigenvalue weighted by atomic mass is 16.5. The van der Waals surface area contributed by atoms with Crippen molar-refractivity contribution >= 4 is 5.91 Å². The van der Waals surface area contributed by atoms with Crippen LogP contribution in [0.15, 0.2) is 36.4 Å². The fourth-order valence-electron chi connectivity index (χ4n) is 1.24. The Morgan fingerprint density at radius 2 is 2.00 bits per heavy atom. The molecule has 1 amide bonds. The van der Waals surface area contributed by atoms with Crippen molar-refractivity contribution in [3.63, 3.8) is 0 Å². The molecule has 86 valence electrons. The van der Waals surface area contributed by atoms with Gasteiger partial charge in [0.15, 0.2) is 0 Å². The van der Waals surface area contributed by atoms with E-state index in [0.717, 1.165) is 16.9 Å². The van der Waals surface area contributed by atoms with Crippen LogP contribution in [0.25, 0.3) is 0 Å². The second-order valence-corrected chi connectivity index (χ2v) is 3.76. The van der Waals surface area contributed by atoms with E-state index in [2.05, 4.69) is 11.9 Å². The second-order valence-electron chi connectivity index (χ2n) is 3.76. The van der Waals surface area contributed by atoms with Crippen molar-refractivity contribution in [2.75, 3.05) is 13.7 Å². The number of ether oxygens (including phenoxy) is 1. The Balaban J connectivity index is 2.46. The van der Waals surface area contributed by atoms with Crippen molar-refractivity contribution in [2.45, 2.75) is 13.3 Å². The molecular formula is C13H17NO2. The fraction of sp³-hybridized carbons (Fsp3) is 0.308. The molecule has 1 aromatic rings. The van der Waals surface area contributed by atoms with Crippen LogP contribution in [0.4, 0.5) is 0 Å². The summed E-state index contributed by atoms with van der Waals surface area (Å²) in [4.78, 5) is 11.5. The Bertz CT molecular complexity index is 368. The van der Waals surface area contributed by atoms with Gasteiger partial charge in [-0.05, 0) is 24.6 Å². The molecule has 1 N–H and O–H groups in total. The molecule has 3 nitrogen and oxygen atoms in total. The van der Waals surface area contributed by atoms with Crippen molar-refractivity contribution in [1.82, 2.24) is 5.32 Å². The smallest absolute Gasteiger partial charge is 0.224 e. The minimum Gasteiger partial charge on any atom is -0.497 e. The quantitative estimate of drug-likeness (QED) is 0.768. The zero-order valence-electron chi connectivity index (χ0n) is 9.75. The Morgan fingerprint density at radius 3 is 2.50 bits per heavy atom. The molecule has 16 heavy (non-hydrogen) atoms. The van der Waals surface area contributed by atoms with E-state index in [4.69, 9.17) is 4.74 Å². The van der Waals surface area contributed by atoms with Crippen molar-refractivity contribution in [3.05, 3.63) is 42.0 Å². The largest absolute Gasteiger partial charge is 0.497 e. The molecule has 0 aromatic heterocycles. The van der Waals surface area contributed by atoms with Gasteiger partial charge in [0.05, 0.1) is 13.5 Å². The second kappa shape index (κ2) is 5.95. The molecule has 0 heterocycles. The Morgan fingerprint density at radius 1 is 1.38 bits per heavy atom. The van der Waals surface area contributed by atoms with Gasteiger partial charge in [0, 0.05) is 6.54 Å². The summed E-state index contributed by atoms with van der Waals surface area (Å²) in [5, 5.41) is 2.79. The van der Waals surface area contributed by atoms with Crippen LogP contribution in [0.5, 0.6) is 5.75 Å². The van der Waals surface area contributed by atoms with Crippen LogP contribution in [-0.2, 0) is 11.2 Å². The van der Waals surface area contributed by atoms with Crippen LogP contribution in [0.1, 0.15) is 12.5 Å². The van der Waals surface area contributed by atoms with Gasteiger partial charge in [-0.15, -0.1) is 0 Å². The number of rotatable bonds is 5. The zero-order valence-corrected chi connectivity index (χ0v) is 9.75. The van der Waals surface area contributed by atoms with E-state index in [1.54, 1.807) is 7.11 Å². The van der Waals surface area contributed by atoms with Gasteiger partial charge in [0.2, 0.25) is 5.91 Å². The van der Waals surface area contributed by atoms with Gasteiger partial charge < -0.3 is 10.1 Å². The van der Waals surface area contributed by atoms with Crippen LogP contribution in [0, 0.1) is 0 Å². The van der Waals surface area contributed by atoms with Gasteiger partial charge in [-0.2, -0.15) is 0 Å². The van der Waals surface area contributed by atoms with Gasteiger partial charge in [0.25, 0.3) is 0 Å². The topological polar surface area (TPSA) is 38.3 Å². The van der Waals surface area contributed by atoms with Crippen LogP contribution in [-0.4, -0.2) is 19.6 Å². The summed E-state index contributed by atoms with van der Waals surface area (Å²) in [6.07, 6.45) is 0.386. The summed E-state index contributed by atoms with van der Waals surface area (Å²) in [5.41, 5.74) is 1.92. The van der Waals surface area contributed by atoms with E-state index in [1.807, 2.05) is 31.2 Å². The third-order valence-corrected chi connectivity index (χ3v) is 2.11. The maximum Gasteiger partial charge on any atom is 0.224 e. The van der Waals surface area contributed by atoms with Gasteiger partial charge in [-0.1, -0.05) is 24.3 Å². The van der Waals surface area contributed by atoms with Crippen LogP contribution in [0.2, 0.25) is 0 Å². The molecule has 1 aromatic carbocycles.